The molecule has 0 saturated carbocycles. The van der Waals surface area contributed by atoms with Crippen molar-refractivity contribution in [3.8, 4) is 0 Å². The van der Waals surface area contributed by atoms with E-state index in [4.69, 9.17) is 4.42 Å². The summed E-state index contributed by atoms with van der Waals surface area (Å²) >= 11 is 1.15. The maximum absolute atomic E-state index is 13.2. The second kappa shape index (κ2) is 9.22. The number of hydrogen-bond acceptors (Lipinski definition) is 5. The van der Waals surface area contributed by atoms with Crippen molar-refractivity contribution in [1.82, 2.24) is 14.9 Å². The van der Waals surface area contributed by atoms with Gasteiger partial charge in [-0.25, -0.2) is 4.98 Å². The van der Waals surface area contributed by atoms with E-state index >= 15 is 0 Å². The minimum Gasteiger partial charge on any atom is -0.465 e. The van der Waals surface area contributed by atoms with Crippen LogP contribution >= 0.6 is 11.8 Å². The lowest BCUT2D eigenvalue weighted by atomic mass is 10.1. The van der Waals surface area contributed by atoms with Crippen LogP contribution in [-0.4, -0.2) is 21.2 Å². The molecule has 2 aromatic carbocycles. The molecule has 1 N–H and O–H groups in total. The van der Waals surface area contributed by atoms with Crippen LogP contribution in [0, 0.1) is 13.8 Å². The van der Waals surface area contributed by atoms with Gasteiger partial charge in [0.05, 0.1) is 29.9 Å². The summed E-state index contributed by atoms with van der Waals surface area (Å²) in [4.78, 5) is 30.0. The molecule has 0 radical (unpaired) electrons. The Labute approximate surface area is 184 Å². The molecule has 1 amide bonds. The lowest BCUT2D eigenvalue weighted by Gasteiger charge is -2.12. The number of benzene rings is 2. The molecular formula is C24H23N3O3S. The number of nitrogens with zero attached hydrogens (tertiary/aromatic N) is 2. The van der Waals surface area contributed by atoms with Gasteiger partial charge in [0, 0.05) is 0 Å². The number of carbonyl (C=O) groups excluding carboxylic acids is 1. The van der Waals surface area contributed by atoms with E-state index in [0.717, 1.165) is 34.1 Å². The van der Waals surface area contributed by atoms with Crippen LogP contribution in [0.2, 0.25) is 0 Å². The molecule has 0 aliphatic carbocycles. The van der Waals surface area contributed by atoms with Crippen molar-refractivity contribution in [2.75, 3.05) is 5.75 Å². The molecule has 0 unspecified atom stereocenters. The van der Waals surface area contributed by atoms with Gasteiger partial charge < -0.3 is 9.73 Å². The fourth-order valence-corrected chi connectivity index (χ4v) is 4.01. The molecule has 4 aromatic rings. The van der Waals surface area contributed by atoms with Crippen molar-refractivity contribution in [2.24, 2.45) is 0 Å². The van der Waals surface area contributed by atoms with Crippen molar-refractivity contribution in [3.05, 3.63) is 93.7 Å². The summed E-state index contributed by atoms with van der Waals surface area (Å²) in [6.07, 6.45) is 0. The molecule has 0 bridgehead atoms. The quantitative estimate of drug-likeness (QED) is 0.445. The summed E-state index contributed by atoms with van der Waals surface area (Å²) in [5.74, 6) is 1.41. The number of aryl methyl sites for hydroxylation is 2. The monoisotopic (exact) mass is 433 g/mol. The van der Waals surface area contributed by atoms with Gasteiger partial charge in [-0.05, 0) is 43.7 Å². The van der Waals surface area contributed by atoms with E-state index in [9.17, 15) is 9.59 Å². The standard InChI is InChI=1S/C24H23N3O3S/c1-16-7-10-18(11-8-16)14-27-21-6-4-3-5-20(21)26-23(24(27)29)31-15-22(28)25-13-19-12-9-17(2)30-19/h3-12H,13-15H2,1-2H3,(H,25,28). The average molecular weight is 434 g/mol. The fraction of sp³-hybridized carbons (Fsp3) is 0.208. The maximum atomic E-state index is 13.2. The molecule has 31 heavy (non-hydrogen) atoms. The summed E-state index contributed by atoms with van der Waals surface area (Å²) in [6, 6.07) is 19.3. The number of carbonyl (C=O) groups is 1. The topological polar surface area (TPSA) is 77.1 Å². The highest BCUT2D eigenvalue weighted by molar-refractivity contribution is 7.99. The first kappa shape index (κ1) is 20.9. The number of amides is 1. The van der Waals surface area contributed by atoms with Gasteiger partial charge >= 0.3 is 0 Å². The molecule has 4 rings (SSSR count). The van der Waals surface area contributed by atoms with Crippen molar-refractivity contribution in [2.45, 2.75) is 32.0 Å². The number of nitrogens with one attached hydrogen (secondary N) is 1. The number of thioether (sulfide) groups is 1. The molecule has 0 aliphatic heterocycles. The SMILES string of the molecule is Cc1ccc(Cn2c(=O)c(SCC(=O)NCc3ccc(C)o3)nc3ccccc32)cc1. The molecule has 2 aromatic heterocycles. The molecule has 0 saturated heterocycles. The van der Waals surface area contributed by atoms with Crippen LogP contribution in [0.25, 0.3) is 11.0 Å². The predicted molar refractivity (Wildman–Crippen MR) is 122 cm³/mol. The lowest BCUT2D eigenvalue weighted by molar-refractivity contribution is -0.118. The Hall–Kier alpha value is -3.32. The second-order valence-corrected chi connectivity index (χ2v) is 8.32. The first-order valence-corrected chi connectivity index (χ1v) is 11.0. The Morgan fingerprint density at radius 3 is 2.58 bits per heavy atom. The molecule has 0 aliphatic rings. The van der Waals surface area contributed by atoms with Crippen molar-refractivity contribution >= 4 is 28.7 Å². The third-order valence-electron chi connectivity index (χ3n) is 4.88. The Bertz CT molecular complexity index is 1280. The van der Waals surface area contributed by atoms with Gasteiger partial charge in [-0.2, -0.15) is 0 Å². The number of rotatable bonds is 7. The van der Waals surface area contributed by atoms with E-state index in [-0.39, 0.29) is 17.2 Å². The number of furan rings is 1. The first-order valence-electron chi connectivity index (χ1n) is 9.99. The van der Waals surface area contributed by atoms with Crippen LogP contribution in [0.5, 0.6) is 0 Å². The third kappa shape index (κ3) is 5.06. The van der Waals surface area contributed by atoms with E-state index < -0.39 is 0 Å². The Kier molecular flexibility index (Phi) is 6.23. The van der Waals surface area contributed by atoms with Gasteiger partial charge in [0.25, 0.3) is 5.56 Å². The Morgan fingerprint density at radius 2 is 1.84 bits per heavy atom. The summed E-state index contributed by atoms with van der Waals surface area (Å²) in [7, 11) is 0. The highest BCUT2D eigenvalue weighted by atomic mass is 32.2. The van der Waals surface area contributed by atoms with Gasteiger partial charge in [-0.3, -0.25) is 14.2 Å². The van der Waals surface area contributed by atoms with Crippen LogP contribution < -0.4 is 10.9 Å². The Morgan fingerprint density at radius 1 is 1.06 bits per heavy atom. The lowest BCUT2D eigenvalue weighted by Crippen LogP contribution is -2.27. The molecular weight excluding hydrogens is 410 g/mol. The van der Waals surface area contributed by atoms with E-state index in [2.05, 4.69) is 10.3 Å². The Balaban J connectivity index is 1.53. The van der Waals surface area contributed by atoms with Crippen LogP contribution in [0.3, 0.4) is 0 Å². The molecule has 0 atom stereocenters. The van der Waals surface area contributed by atoms with Crippen molar-refractivity contribution < 1.29 is 9.21 Å². The van der Waals surface area contributed by atoms with Crippen LogP contribution in [-0.2, 0) is 17.9 Å². The van der Waals surface area contributed by atoms with E-state index in [0.29, 0.717) is 23.9 Å². The van der Waals surface area contributed by atoms with Gasteiger partial charge in [-0.15, -0.1) is 0 Å². The number of fused-ring (bicyclic) bond motifs is 1. The van der Waals surface area contributed by atoms with Crippen molar-refractivity contribution in [3.63, 3.8) is 0 Å². The van der Waals surface area contributed by atoms with Crippen LogP contribution in [0.15, 0.2) is 74.9 Å². The van der Waals surface area contributed by atoms with Crippen LogP contribution in [0.1, 0.15) is 22.6 Å². The minimum atomic E-state index is -0.196. The molecule has 7 heteroatoms. The van der Waals surface area contributed by atoms with Crippen LogP contribution in [0.4, 0.5) is 0 Å². The normalized spacial score (nSPS) is 11.0. The highest BCUT2D eigenvalue weighted by Crippen LogP contribution is 2.18. The van der Waals surface area contributed by atoms with E-state index in [1.165, 1.54) is 5.56 Å². The summed E-state index contributed by atoms with van der Waals surface area (Å²) < 4.78 is 7.18. The predicted octanol–water partition coefficient (Wildman–Crippen LogP) is 4.06. The largest absolute Gasteiger partial charge is 0.465 e. The van der Waals surface area contributed by atoms with Gasteiger partial charge in [0.2, 0.25) is 5.91 Å². The zero-order chi connectivity index (χ0) is 21.8. The fourth-order valence-electron chi connectivity index (χ4n) is 3.25. The average Bonchev–Trinajstić information content (AvgIpc) is 3.19. The first-order chi connectivity index (χ1) is 15.0. The van der Waals surface area contributed by atoms with E-state index in [1.54, 1.807) is 4.57 Å². The zero-order valence-corrected chi connectivity index (χ0v) is 18.2. The van der Waals surface area contributed by atoms with E-state index in [1.807, 2.05) is 74.5 Å². The number of hydrogen-bond donors (Lipinski definition) is 1. The molecule has 0 fully saturated rings. The third-order valence-corrected chi connectivity index (χ3v) is 5.83. The summed E-state index contributed by atoms with van der Waals surface area (Å²) in [6.45, 7) is 4.65. The smallest absolute Gasteiger partial charge is 0.283 e. The molecule has 0 spiro atoms. The summed E-state index contributed by atoms with van der Waals surface area (Å²) in [5.41, 5.74) is 3.51. The highest BCUT2D eigenvalue weighted by Gasteiger charge is 2.14. The maximum Gasteiger partial charge on any atom is 0.283 e. The molecule has 2 heterocycles. The number of aromatic nitrogens is 2. The van der Waals surface area contributed by atoms with Gasteiger partial charge in [0.15, 0.2) is 5.03 Å². The van der Waals surface area contributed by atoms with Gasteiger partial charge in [-0.1, -0.05) is 53.7 Å². The molecule has 6 nitrogen and oxygen atoms in total. The second-order valence-electron chi connectivity index (χ2n) is 7.36. The zero-order valence-electron chi connectivity index (χ0n) is 17.4. The molecule has 158 valence electrons. The minimum absolute atomic E-state index is 0.102. The van der Waals surface area contributed by atoms with Gasteiger partial charge in [0.1, 0.15) is 11.5 Å². The number of para-hydroxylation sites is 2. The summed E-state index contributed by atoms with van der Waals surface area (Å²) in [5, 5.41) is 3.12. The van der Waals surface area contributed by atoms with Crippen molar-refractivity contribution in [1.29, 1.82) is 0 Å².